The van der Waals surface area contributed by atoms with Crippen LogP contribution in [0.4, 0.5) is 0 Å². The van der Waals surface area contributed by atoms with Gasteiger partial charge >= 0.3 is 0 Å². The Balaban J connectivity index is 3.38. The monoisotopic (exact) mass is 177 g/mol. The van der Waals surface area contributed by atoms with E-state index in [9.17, 15) is 9.59 Å². The molecule has 1 N–H and O–H groups in total. The van der Waals surface area contributed by atoms with Crippen LogP contribution in [0.5, 0.6) is 0 Å². The molecule has 5 heteroatoms. The molecule has 0 heterocycles. The van der Waals surface area contributed by atoms with Crippen molar-refractivity contribution < 1.29 is 9.59 Å². The van der Waals surface area contributed by atoms with Crippen molar-refractivity contribution >= 4 is 23.4 Å². The Morgan fingerprint density at radius 3 is 2.64 bits per heavy atom. The predicted octanol–water partition coefficient (Wildman–Crippen LogP) is 0.187. The maximum Gasteiger partial charge on any atom is 0.262 e. The minimum absolute atomic E-state index is 0.178. The molecule has 0 fully saturated rings. The summed E-state index contributed by atoms with van der Waals surface area (Å²) < 4.78 is 0. The number of carbonyl (C=O) groups is 2. The van der Waals surface area contributed by atoms with E-state index >= 15 is 0 Å². The van der Waals surface area contributed by atoms with Gasteiger partial charge in [0.05, 0.1) is 0 Å². The maximum atomic E-state index is 10.6. The minimum atomic E-state index is -0.462. The van der Waals surface area contributed by atoms with Crippen LogP contribution in [-0.2, 0) is 9.59 Å². The highest BCUT2D eigenvalue weighted by Crippen LogP contribution is 1.84. The Labute approximate surface area is 70.3 Å². The Bertz CT molecular complexity index is 150. The molecule has 4 nitrogen and oxygen atoms in total. The lowest BCUT2D eigenvalue weighted by atomic mass is 10.3. The van der Waals surface area contributed by atoms with E-state index in [1.807, 2.05) is 12.3 Å². The van der Waals surface area contributed by atoms with Crippen LogP contribution in [-0.4, -0.2) is 17.7 Å². The van der Waals surface area contributed by atoms with Gasteiger partial charge in [0.15, 0.2) is 0 Å². The minimum Gasteiger partial charge on any atom is -0.272 e. The molecule has 0 aromatic rings. The fourth-order valence-electron chi connectivity index (χ4n) is 0.424. The van der Waals surface area contributed by atoms with Crippen molar-refractivity contribution in [3.63, 3.8) is 0 Å². The summed E-state index contributed by atoms with van der Waals surface area (Å²) in [5.41, 5.74) is 5.28. The van der Waals surface area contributed by atoms with Gasteiger partial charge in [-0.3, -0.25) is 9.59 Å². The molecule has 2 amide bonds. The Morgan fingerprint density at radius 1 is 1.55 bits per heavy atom. The lowest BCUT2D eigenvalue weighted by Gasteiger charge is -1.99. The van der Waals surface area contributed by atoms with E-state index in [1.165, 1.54) is 0 Å². The van der Waals surface area contributed by atoms with Gasteiger partial charge in [-0.05, 0) is 6.42 Å². The molecule has 0 aliphatic heterocycles. The largest absolute Gasteiger partial charge is 0.272 e. The molecule has 1 radical (unpaired) electrons. The van der Waals surface area contributed by atoms with Gasteiger partial charge in [0, 0.05) is 6.42 Å². The van der Waals surface area contributed by atoms with Crippen molar-refractivity contribution in [1.82, 2.24) is 10.9 Å². The standard InChI is InChI=1S/C6H10ClN2O2/c1-2-3-5(10)8-9-6(11)4-7/h2-4H2,1H3,(H,9,11). The fraction of sp³-hybridized carbons (Fsp3) is 0.667. The summed E-state index contributed by atoms with van der Waals surface area (Å²) in [7, 11) is 0. The molecule has 0 saturated carbocycles. The van der Waals surface area contributed by atoms with Gasteiger partial charge in [-0.25, -0.2) is 5.43 Å². The highest BCUT2D eigenvalue weighted by Gasteiger charge is 2.03. The summed E-state index contributed by atoms with van der Waals surface area (Å²) in [6, 6.07) is 0. The lowest BCUT2D eigenvalue weighted by Crippen LogP contribution is -2.35. The van der Waals surface area contributed by atoms with Crippen LogP contribution in [0.25, 0.3) is 0 Å². The number of nitrogens with zero attached hydrogens (tertiary/aromatic N) is 1. The highest BCUT2D eigenvalue weighted by molar-refractivity contribution is 6.27. The Hall–Kier alpha value is -0.770. The molecular weight excluding hydrogens is 168 g/mol. The molecule has 0 atom stereocenters. The van der Waals surface area contributed by atoms with Crippen LogP contribution < -0.4 is 10.9 Å². The third-order valence-electron chi connectivity index (χ3n) is 0.891. The third kappa shape index (κ3) is 5.66. The van der Waals surface area contributed by atoms with Crippen molar-refractivity contribution in [2.24, 2.45) is 0 Å². The highest BCUT2D eigenvalue weighted by atomic mass is 35.5. The van der Waals surface area contributed by atoms with Crippen LogP contribution in [0.15, 0.2) is 0 Å². The number of halogens is 1. The van der Waals surface area contributed by atoms with Crippen LogP contribution in [0.1, 0.15) is 19.8 Å². The number of amides is 2. The molecular formula is C6H10ClN2O2. The Morgan fingerprint density at radius 2 is 2.18 bits per heavy atom. The summed E-state index contributed by atoms with van der Waals surface area (Å²) in [5, 5.41) is 0. The summed E-state index contributed by atoms with van der Waals surface area (Å²) in [6.07, 6.45) is 1.07. The zero-order valence-corrected chi connectivity index (χ0v) is 7.02. The third-order valence-corrected chi connectivity index (χ3v) is 1.13. The van der Waals surface area contributed by atoms with Gasteiger partial charge in [0.1, 0.15) is 5.88 Å². The van der Waals surface area contributed by atoms with Crippen LogP contribution in [0, 0.1) is 0 Å². The summed E-state index contributed by atoms with van der Waals surface area (Å²) in [6.45, 7) is 1.86. The molecule has 0 aliphatic rings. The van der Waals surface area contributed by atoms with Gasteiger partial charge < -0.3 is 0 Å². The first kappa shape index (κ1) is 10.2. The van der Waals surface area contributed by atoms with Crippen molar-refractivity contribution in [1.29, 1.82) is 0 Å². The zero-order chi connectivity index (χ0) is 8.69. The van der Waals surface area contributed by atoms with Gasteiger partial charge in [-0.15, -0.1) is 17.0 Å². The van der Waals surface area contributed by atoms with E-state index in [-0.39, 0.29) is 11.8 Å². The van der Waals surface area contributed by atoms with E-state index in [0.717, 1.165) is 6.42 Å². The fourth-order valence-corrected chi connectivity index (χ4v) is 0.484. The molecule has 0 aromatic carbocycles. The van der Waals surface area contributed by atoms with E-state index < -0.39 is 5.91 Å². The predicted molar refractivity (Wildman–Crippen MR) is 40.9 cm³/mol. The molecule has 63 valence electrons. The second-order valence-corrected chi connectivity index (χ2v) is 2.19. The maximum absolute atomic E-state index is 10.6. The number of rotatable bonds is 3. The summed E-state index contributed by atoms with van der Waals surface area (Å²) >= 11 is 5.13. The van der Waals surface area contributed by atoms with Crippen LogP contribution in [0.2, 0.25) is 0 Å². The van der Waals surface area contributed by atoms with Gasteiger partial charge in [-0.1, -0.05) is 6.92 Å². The van der Waals surface area contributed by atoms with Crippen molar-refractivity contribution in [3.05, 3.63) is 0 Å². The van der Waals surface area contributed by atoms with Crippen molar-refractivity contribution in [2.45, 2.75) is 19.8 Å². The Kier molecular flexibility index (Phi) is 5.56. The quantitative estimate of drug-likeness (QED) is 0.494. The van der Waals surface area contributed by atoms with Crippen molar-refractivity contribution in [3.8, 4) is 0 Å². The average molecular weight is 178 g/mol. The molecule has 0 rings (SSSR count). The molecule has 11 heavy (non-hydrogen) atoms. The molecule has 0 unspecified atom stereocenters. The molecule has 0 aliphatic carbocycles. The topological polar surface area (TPSA) is 60.3 Å². The second kappa shape index (κ2) is 5.97. The average Bonchev–Trinajstić information content (AvgIpc) is 2.01. The smallest absolute Gasteiger partial charge is 0.262 e. The number of nitrogens with one attached hydrogen (secondary N) is 1. The van der Waals surface area contributed by atoms with E-state index in [1.54, 1.807) is 0 Å². The van der Waals surface area contributed by atoms with E-state index in [4.69, 9.17) is 11.6 Å². The normalized spacial score (nSPS) is 8.91. The molecule has 0 spiro atoms. The van der Waals surface area contributed by atoms with Crippen LogP contribution >= 0.6 is 11.6 Å². The zero-order valence-electron chi connectivity index (χ0n) is 6.26. The number of hydrogen-bond acceptors (Lipinski definition) is 2. The number of carbonyl (C=O) groups excluding carboxylic acids is 2. The lowest BCUT2D eigenvalue weighted by molar-refractivity contribution is -0.128. The molecule has 0 aromatic heterocycles. The molecule has 0 saturated heterocycles. The first-order valence-corrected chi connectivity index (χ1v) is 3.82. The first-order chi connectivity index (χ1) is 5.20. The second-order valence-electron chi connectivity index (χ2n) is 1.92. The van der Waals surface area contributed by atoms with Gasteiger partial charge in [0.2, 0.25) is 0 Å². The van der Waals surface area contributed by atoms with Gasteiger partial charge in [0.25, 0.3) is 11.8 Å². The van der Waals surface area contributed by atoms with Crippen LogP contribution in [0.3, 0.4) is 0 Å². The number of hydrogen-bond donors (Lipinski definition) is 1. The van der Waals surface area contributed by atoms with E-state index in [0.29, 0.717) is 6.42 Å². The number of alkyl halides is 1. The first-order valence-electron chi connectivity index (χ1n) is 3.29. The van der Waals surface area contributed by atoms with Crippen molar-refractivity contribution in [2.75, 3.05) is 5.88 Å². The van der Waals surface area contributed by atoms with Gasteiger partial charge in [-0.2, -0.15) is 0 Å². The molecule has 0 bridgehead atoms. The van der Waals surface area contributed by atoms with E-state index in [2.05, 4.69) is 5.43 Å². The summed E-state index contributed by atoms with van der Waals surface area (Å²) in [5.74, 6) is -0.967. The SMILES string of the molecule is CCCC(=O)[N]NC(=O)CCl. The summed E-state index contributed by atoms with van der Waals surface area (Å²) in [4.78, 5) is 21.1.